The number of methoxy groups -OCH3 is 1. The third-order valence-corrected chi connectivity index (χ3v) is 3.30. The van der Waals surface area contributed by atoms with Gasteiger partial charge < -0.3 is 15.8 Å². The molecule has 1 amide bonds. The van der Waals surface area contributed by atoms with Crippen LogP contribution in [0.5, 0.6) is 0 Å². The molecular weight excluding hydrogens is 244 g/mol. The number of ether oxygens (including phenoxy) is 1. The van der Waals surface area contributed by atoms with Crippen LogP contribution in [0.15, 0.2) is 24.3 Å². The van der Waals surface area contributed by atoms with E-state index in [1.165, 1.54) is 7.11 Å². The van der Waals surface area contributed by atoms with Crippen LogP contribution in [-0.4, -0.2) is 24.5 Å². The zero-order valence-corrected chi connectivity index (χ0v) is 10.9. The summed E-state index contributed by atoms with van der Waals surface area (Å²) >= 11 is 0. The maximum absolute atomic E-state index is 11.7. The molecule has 0 saturated heterocycles. The molecule has 5 nitrogen and oxygen atoms in total. The first kappa shape index (κ1) is 13.5. The van der Waals surface area contributed by atoms with E-state index in [9.17, 15) is 9.59 Å². The number of nitrogens with one attached hydrogen (secondary N) is 1. The molecule has 0 radical (unpaired) electrons. The molecule has 1 aromatic rings. The predicted molar refractivity (Wildman–Crippen MR) is 71.6 cm³/mol. The lowest BCUT2D eigenvalue weighted by Crippen LogP contribution is -2.37. The molecule has 0 aromatic heterocycles. The van der Waals surface area contributed by atoms with Crippen molar-refractivity contribution < 1.29 is 14.3 Å². The Morgan fingerprint density at radius 1 is 1.32 bits per heavy atom. The lowest BCUT2D eigenvalue weighted by Gasteiger charge is -2.10. The third-order valence-electron chi connectivity index (χ3n) is 3.30. The van der Waals surface area contributed by atoms with E-state index in [2.05, 4.69) is 10.1 Å². The quantitative estimate of drug-likeness (QED) is 0.782. The molecule has 1 aromatic carbocycles. The van der Waals surface area contributed by atoms with Gasteiger partial charge in [-0.05, 0) is 37.0 Å². The lowest BCUT2D eigenvalue weighted by atomic mass is 10.1. The van der Waals surface area contributed by atoms with Crippen molar-refractivity contribution in [2.45, 2.75) is 31.2 Å². The molecule has 0 unspecified atom stereocenters. The average Bonchev–Trinajstić information content (AvgIpc) is 3.17. The second-order valence-electron chi connectivity index (χ2n) is 4.88. The summed E-state index contributed by atoms with van der Waals surface area (Å²) in [6.07, 6.45) is 2.47. The minimum absolute atomic E-state index is 0.130. The van der Waals surface area contributed by atoms with E-state index in [1.807, 2.05) is 24.3 Å². The van der Waals surface area contributed by atoms with Gasteiger partial charge in [0.1, 0.15) is 0 Å². The maximum Gasteiger partial charge on any atom is 0.305 e. The SMILES string of the molecule is COC(=O)CCc1ccc(NC(=O)C2(N)CC2)cc1. The number of amides is 1. The minimum Gasteiger partial charge on any atom is -0.469 e. The second-order valence-corrected chi connectivity index (χ2v) is 4.88. The van der Waals surface area contributed by atoms with Gasteiger partial charge in [0.15, 0.2) is 0 Å². The number of anilines is 1. The number of carbonyl (C=O) groups is 2. The van der Waals surface area contributed by atoms with E-state index in [0.29, 0.717) is 12.8 Å². The normalized spacial score (nSPS) is 15.7. The predicted octanol–water partition coefficient (Wildman–Crippen LogP) is 1.22. The molecule has 5 heteroatoms. The first-order valence-corrected chi connectivity index (χ1v) is 6.29. The fraction of sp³-hybridized carbons (Fsp3) is 0.429. The number of esters is 1. The number of carbonyl (C=O) groups excluding carboxylic acids is 2. The smallest absolute Gasteiger partial charge is 0.305 e. The van der Waals surface area contributed by atoms with Crippen molar-refractivity contribution in [3.05, 3.63) is 29.8 Å². The van der Waals surface area contributed by atoms with Crippen molar-refractivity contribution >= 4 is 17.6 Å². The molecule has 0 bridgehead atoms. The summed E-state index contributed by atoms with van der Waals surface area (Å²) in [5.41, 5.74) is 6.89. The van der Waals surface area contributed by atoms with Crippen LogP contribution in [0.25, 0.3) is 0 Å². The van der Waals surface area contributed by atoms with Gasteiger partial charge >= 0.3 is 5.97 Å². The summed E-state index contributed by atoms with van der Waals surface area (Å²) in [4.78, 5) is 22.8. The van der Waals surface area contributed by atoms with E-state index in [4.69, 9.17) is 5.73 Å². The molecular formula is C14H18N2O3. The van der Waals surface area contributed by atoms with Crippen LogP contribution in [0.4, 0.5) is 5.69 Å². The highest BCUT2D eigenvalue weighted by atomic mass is 16.5. The molecule has 19 heavy (non-hydrogen) atoms. The van der Waals surface area contributed by atoms with Crippen LogP contribution in [-0.2, 0) is 20.7 Å². The van der Waals surface area contributed by atoms with Crippen molar-refractivity contribution in [3.63, 3.8) is 0 Å². The minimum atomic E-state index is -0.663. The molecule has 3 N–H and O–H groups in total. The van der Waals surface area contributed by atoms with E-state index in [0.717, 1.165) is 24.1 Å². The topological polar surface area (TPSA) is 81.4 Å². The molecule has 102 valence electrons. The summed E-state index contributed by atoms with van der Waals surface area (Å²) in [6.45, 7) is 0. The zero-order valence-electron chi connectivity index (χ0n) is 10.9. The molecule has 1 aliphatic carbocycles. The van der Waals surface area contributed by atoms with Gasteiger partial charge in [-0.25, -0.2) is 0 Å². The van der Waals surface area contributed by atoms with Crippen LogP contribution in [0, 0.1) is 0 Å². The second kappa shape index (κ2) is 5.40. The van der Waals surface area contributed by atoms with Crippen molar-refractivity contribution in [2.75, 3.05) is 12.4 Å². The van der Waals surface area contributed by atoms with Gasteiger partial charge in [-0.3, -0.25) is 9.59 Å². The Balaban J connectivity index is 1.87. The molecule has 1 saturated carbocycles. The van der Waals surface area contributed by atoms with Gasteiger partial charge in [0.25, 0.3) is 0 Å². The Hall–Kier alpha value is -1.88. The van der Waals surface area contributed by atoms with Gasteiger partial charge in [0, 0.05) is 12.1 Å². The number of benzene rings is 1. The van der Waals surface area contributed by atoms with Crippen molar-refractivity contribution in [3.8, 4) is 0 Å². The van der Waals surface area contributed by atoms with Crippen molar-refractivity contribution in [1.82, 2.24) is 0 Å². The van der Waals surface area contributed by atoms with Gasteiger partial charge in [-0.1, -0.05) is 12.1 Å². The third kappa shape index (κ3) is 3.54. The molecule has 0 aliphatic heterocycles. The largest absolute Gasteiger partial charge is 0.469 e. The van der Waals surface area contributed by atoms with Crippen LogP contribution < -0.4 is 11.1 Å². The fourth-order valence-electron chi connectivity index (χ4n) is 1.72. The Kier molecular flexibility index (Phi) is 3.85. The highest BCUT2D eigenvalue weighted by Crippen LogP contribution is 2.33. The number of nitrogens with two attached hydrogens (primary N) is 1. The molecule has 1 fully saturated rings. The van der Waals surface area contributed by atoms with E-state index < -0.39 is 5.54 Å². The highest BCUT2D eigenvalue weighted by Gasteiger charge is 2.45. The fourth-order valence-corrected chi connectivity index (χ4v) is 1.72. The van der Waals surface area contributed by atoms with E-state index >= 15 is 0 Å². The zero-order chi connectivity index (χ0) is 13.9. The van der Waals surface area contributed by atoms with Gasteiger partial charge in [-0.15, -0.1) is 0 Å². The number of rotatable bonds is 5. The summed E-state index contributed by atoms with van der Waals surface area (Å²) in [5, 5.41) is 2.79. The van der Waals surface area contributed by atoms with Crippen LogP contribution >= 0.6 is 0 Å². The molecule has 0 spiro atoms. The van der Waals surface area contributed by atoms with Crippen LogP contribution in [0.1, 0.15) is 24.8 Å². The summed E-state index contributed by atoms with van der Waals surface area (Å²) in [7, 11) is 1.38. The summed E-state index contributed by atoms with van der Waals surface area (Å²) in [6, 6.07) is 7.40. The van der Waals surface area contributed by atoms with Gasteiger partial charge in [-0.2, -0.15) is 0 Å². The Bertz CT molecular complexity index is 478. The van der Waals surface area contributed by atoms with Crippen molar-refractivity contribution in [1.29, 1.82) is 0 Å². The summed E-state index contributed by atoms with van der Waals surface area (Å²) < 4.78 is 4.58. The van der Waals surface area contributed by atoms with E-state index in [-0.39, 0.29) is 11.9 Å². The number of aryl methyl sites for hydroxylation is 1. The molecule has 0 atom stereocenters. The van der Waals surface area contributed by atoms with Crippen LogP contribution in [0.2, 0.25) is 0 Å². The average molecular weight is 262 g/mol. The van der Waals surface area contributed by atoms with Crippen molar-refractivity contribution in [2.24, 2.45) is 5.73 Å². The molecule has 2 rings (SSSR count). The first-order valence-electron chi connectivity index (χ1n) is 6.29. The molecule has 0 heterocycles. The number of hydrogen-bond donors (Lipinski definition) is 2. The Morgan fingerprint density at radius 3 is 2.47 bits per heavy atom. The molecule has 1 aliphatic rings. The monoisotopic (exact) mass is 262 g/mol. The first-order chi connectivity index (χ1) is 9.03. The Morgan fingerprint density at radius 2 is 1.95 bits per heavy atom. The van der Waals surface area contributed by atoms with Gasteiger partial charge in [0.2, 0.25) is 5.91 Å². The lowest BCUT2D eigenvalue weighted by molar-refractivity contribution is -0.140. The Labute approximate surface area is 112 Å². The highest BCUT2D eigenvalue weighted by molar-refractivity contribution is 6.00. The van der Waals surface area contributed by atoms with Gasteiger partial charge in [0.05, 0.1) is 12.6 Å². The van der Waals surface area contributed by atoms with Crippen LogP contribution in [0.3, 0.4) is 0 Å². The standard InChI is InChI=1S/C14H18N2O3/c1-19-12(17)7-4-10-2-5-11(6-3-10)16-13(18)14(15)8-9-14/h2-3,5-6H,4,7-9,15H2,1H3,(H,16,18). The number of hydrogen-bond acceptors (Lipinski definition) is 4. The van der Waals surface area contributed by atoms with E-state index in [1.54, 1.807) is 0 Å². The maximum atomic E-state index is 11.7. The summed E-state index contributed by atoms with van der Waals surface area (Å²) in [5.74, 6) is -0.356.